The van der Waals surface area contributed by atoms with Crippen LogP contribution >= 0.6 is 0 Å². The van der Waals surface area contributed by atoms with Crippen molar-refractivity contribution < 1.29 is 9.53 Å². The standard InChI is InChI=1S/C19H28N2O2/c1-2-17-10-6-7-11-18(17)23-15-14-21-19(22)20-13-12-16-8-4-3-5-9-16/h6-8,10-11H,2-5,9,12-15H2,1H3,(H2,20,21,22). The Balaban J connectivity index is 1.57. The highest BCUT2D eigenvalue weighted by molar-refractivity contribution is 5.73. The van der Waals surface area contributed by atoms with Gasteiger partial charge in [0.25, 0.3) is 0 Å². The van der Waals surface area contributed by atoms with Crippen molar-refractivity contribution in [3.63, 3.8) is 0 Å². The Hall–Kier alpha value is -1.97. The Morgan fingerprint density at radius 3 is 2.78 bits per heavy atom. The van der Waals surface area contributed by atoms with Crippen molar-refractivity contribution in [2.24, 2.45) is 0 Å². The van der Waals surface area contributed by atoms with Crippen molar-refractivity contribution in [3.05, 3.63) is 41.5 Å². The fourth-order valence-electron chi connectivity index (χ4n) is 2.79. The molecular weight excluding hydrogens is 288 g/mol. The Labute approximate surface area is 139 Å². The molecule has 23 heavy (non-hydrogen) atoms. The van der Waals surface area contributed by atoms with Crippen LogP contribution in [0.25, 0.3) is 0 Å². The molecule has 0 heterocycles. The van der Waals surface area contributed by atoms with Crippen LogP contribution in [0.3, 0.4) is 0 Å². The monoisotopic (exact) mass is 316 g/mol. The fourth-order valence-corrected chi connectivity index (χ4v) is 2.79. The second-order valence-electron chi connectivity index (χ2n) is 5.85. The first-order chi connectivity index (χ1) is 11.3. The molecule has 126 valence electrons. The van der Waals surface area contributed by atoms with E-state index >= 15 is 0 Å². The van der Waals surface area contributed by atoms with Crippen molar-refractivity contribution in [2.75, 3.05) is 19.7 Å². The van der Waals surface area contributed by atoms with Gasteiger partial charge < -0.3 is 15.4 Å². The number of benzene rings is 1. The largest absolute Gasteiger partial charge is 0.491 e. The van der Waals surface area contributed by atoms with Crippen LogP contribution in [0.2, 0.25) is 0 Å². The SMILES string of the molecule is CCc1ccccc1OCCNC(=O)NCCC1=CCCCC1. The van der Waals surface area contributed by atoms with E-state index in [2.05, 4.69) is 29.7 Å². The van der Waals surface area contributed by atoms with E-state index < -0.39 is 0 Å². The number of urea groups is 1. The second kappa shape index (κ2) is 9.93. The van der Waals surface area contributed by atoms with Gasteiger partial charge in [-0.05, 0) is 50.2 Å². The third-order valence-electron chi connectivity index (χ3n) is 4.12. The van der Waals surface area contributed by atoms with E-state index in [1.807, 2.05) is 18.2 Å². The van der Waals surface area contributed by atoms with Crippen LogP contribution in [-0.2, 0) is 6.42 Å². The molecule has 4 heteroatoms. The molecule has 0 atom stereocenters. The molecule has 0 radical (unpaired) electrons. The number of amides is 2. The summed E-state index contributed by atoms with van der Waals surface area (Å²) < 4.78 is 5.73. The zero-order chi connectivity index (χ0) is 16.3. The summed E-state index contributed by atoms with van der Waals surface area (Å²) >= 11 is 0. The minimum atomic E-state index is -0.117. The molecule has 2 rings (SSSR count). The first-order valence-corrected chi connectivity index (χ1v) is 8.70. The molecule has 1 aromatic rings. The number of hydrogen-bond donors (Lipinski definition) is 2. The normalized spacial score (nSPS) is 14.0. The molecule has 0 spiro atoms. The maximum absolute atomic E-state index is 11.7. The van der Waals surface area contributed by atoms with Gasteiger partial charge in [0.2, 0.25) is 0 Å². The van der Waals surface area contributed by atoms with Gasteiger partial charge in [0.1, 0.15) is 12.4 Å². The molecule has 2 amide bonds. The van der Waals surface area contributed by atoms with Gasteiger partial charge in [-0.25, -0.2) is 4.79 Å². The number of nitrogens with one attached hydrogen (secondary N) is 2. The maximum Gasteiger partial charge on any atom is 0.314 e. The van der Waals surface area contributed by atoms with Crippen LogP contribution in [-0.4, -0.2) is 25.7 Å². The van der Waals surface area contributed by atoms with Crippen LogP contribution in [0.5, 0.6) is 5.75 Å². The third kappa shape index (κ3) is 6.35. The van der Waals surface area contributed by atoms with Crippen molar-refractivity contribution >= 4 is 6.03 Å². The van der Waals surface area contributed by atoms with Crippen molar-refractivity contribution in [3.8, 4) is 5.75 Å². The highest BCUT2D eigenvalue weighted by Gasteiger charge is 2.05. The first-order valence-electron chi connectivity index (χ1n) is 8.70. The molecule has 0 bridgehead atoms. The van der Waals surface area contributed by atoms with Gasteiger partial charge in [-0.3, -0.25) is 0 Å². The van der Waals surface area contributed by atoms with E-state index in [1.54, 1.807) is 0 Å². The molecule has 0 fully saturated rings. The fraction of sp³-hybridized carbons (Fsp3) is 0.526. The molecule has 0 unspecified atom stereocenters. The van der Waals surface area contributed by atoms with Gasteiger partial charge in [-0.1, -0.05) is 36.8 Å². The number of rotatable bonds is 8. The second-order valence-corrected chi connectivity index (χ2v) is 5.85. The van der Waals surface area contributed by atoms with Crippen LogP contribution in [0, 0.1) is 0 Å². The summed E-state index contributed by atoms with van der Waals surface area (Å²) in [6.07, 6.45) is 9.20. The maximum atomic E-state index is 11.7. The van der Waals surface area contributed by atoms with Crippen molar-refractivity contribution in [2.45, 2.75) is 45.4 Å². The van der Waals surface area contributed by atoms with E-state index in [9.17, 15) is 4.79 Å². The third-order valence-corrected chi connectivity index (χ3v) is 4.12. The molecule has 0 aliphatic heterocycles. The topological polar surface area (TPSA) is 50.4 Å². The van der Waals surface area contributed by atoms with E-state index in [4.69, 9.17) is 4.74 Å². The summed E-state index contributed by atoms with van der Waals surface area (Å²) in [6.45, 7) is 3.80. The predicted molar refractivity (Wildman–Crippen MR) is 93.9 cm³/mol. The van der Waals surface area contributed by atoms with Gasteiger partial charge in [-0.15, -0.1) is 0 Å². The van der Waals surface area contributed by atoms with Gasteiger partial charge >= 0.3 is 6.03 Å². The highest BCUT2D eigenvalue weighted by atomic mass is 16.5. The van der Waals surface area contributed by atoms with Gasteiger partial charge in [0.15, 0.2) is 0 Å². The lowest BCUT2D eigenvalue weighted by molar-refractivity contribution is 0.236. The minimum absolute atomic E-state index is 0.117. The smallest absolute Gasteiger partial charge is 0.314 e. The zero-order valence-corrected chi connectivity index (χ0v) is 14.1. The summed E-state index contributed by atoms with van der Waals surface area (Å²) in [5.41, 5.74) is 2.67. The number of carbonyl (C=O) groups is 1. The zero-order valence-electron chi connectivity index (χ0n) is 14.1. The Morgan fingerprint density at radius 1 is 1.17 bits per heavy atom. The lowest BCUT2D eigenvalue weighted by Crippen LogP contribution is -2.38. The average molecular weight is 316 g/mol. The number of allylic oxidation sites excluding steroid dienone is 1. The average Bonchev–Trinajstić information content (AvgIpc) is 2.60. The Kier molecular flexibility index (Phi) is 7.50. The van der Waals surface area contributed by atoms with E-state index in [0.717, 1.165) is 18.6 Å². The van der Waals surface area contributed by atoms with Crippen LogP contribution in [0.4, 0.5) is 4.79 Å². The van der Waals surface area contributed by atoms with E-state index in [0.29, 0.717) is 19.7 Å². The van der Waals surface area contributed by atoms with Crippen LogP contribution < -0.4 is 15.4 Å². The number of carbonyl (C=O) groups excluding carboxylic acids is 1. The lowest BCUT2D eigenvalue weighted by atomic mass is 9.97. The number of para-hydroxylation sites is 1. The van der Waals surface area contributed by atoms with Crippen LogP contribution in [0.1, 0.15) is 44.6 Å². The summed E-state index contributed by atoms with van der Waals surface area (Å²) in [4.78, 5) is 11.7. The van der Waals surface area contributed by atoms with Crippen LogP contribution in [0.15, 0.2) is 35.9 Å². The molecule has 0 saturated carbocycles. The highest BCUT2D eigenvalue weighted by Crippen LogP contribution is 2.19. The molecule has 1 aliphatic carbocycles. The van der Waals surface area contributed by atoms with Gasteiger partial charge in [0.05, 0.1) is 6.54 Å². The summed E-state index contributed by atoms with van der Waals surface area (Å²) in [7, 11) is 0. The Bertz CT molecular complexity index is 526. The van der Waals surface area contributed by atoms with E-state index in [1.165, 1.54) is 36.8 Å². The Morgan fingerprint density at radius 2 is 2.00 bits per heavy atom. The molecule has 0 aromatic heterocycles. The molecule has 2 N–H and O–H groups in total. The summed E-state index contributed by atoms with van der Waals surface area (Å²) in [6, 6.07) is 7.90. The van der Waals surface area contributed by atoms with E-state index in [-0.39, 0.29) is 6.03 Å². The summed E-state index contributed by atoms with van der Waals surface area (Å²) in [5, 5.41) is 5.74. The molecule has 4 nitrogen and oxygen atoms in total. The number of hydrogen-bond acceptors (Lipinski definition) is 2. The van der Waals surface area contributed by atoms with Gasteiger partial charge in [-0.2, -0.15) is 0 Å². The number of aryl methyl sites for hydroxylation is 1. The van der Waals surface area contributed by atoms with Crippen molar-refractivity contribution in [1.82, 2.24) is 10.6 Å². The van der Waals surface area contributed by atoms with Crippen molar-refractivity contribution in [1.29, 1.82) is 0 Å². The molecule has 1 aromatic carbocycles. The number of ether oxygens (including phenoxy) is 1. The lowest BCUT2D eigenvalue weighted by Gasteiger charge is -2.13. The molecule has 0 saturated heterocycles. The summed E-state index contributed by atoms with van der Waals surface area (Å²) in [5.74, 6) is 0.904. The quantitative estimate of drug-likeness (QED) is 0.566. The van der Waals surface area contributed by atoms with Gasteiger partial charge in [0, 0.05) is 6.54 Å². The predicted octanol–water partition coefficient (Wildman–Crippen LogP) is 3.82. The molecule has 1 aliphatic rings. The first kappa shape index (κ1) is 17.4. The minimum Gasteiger partial charge on any atom is -0.491 e. The molecular formula is C19H28N2O2.